The molecule has 0 N–H and O–H groups in total. The van der Waals surface area contributed by atoms with E-state index in [1.54, 1.807) is 12.2 Å². The van der Waals surface area contributed by atoms with Crippen LogP contribution in [0.5, 0.6) is 23.0 Å². The molecule has 3 unspecified atom stereocenters. The van der Waals surface area contributed by atoms with E-state index in [1.807, 2.05) is 38.1 Å². The predicted molar refractivity (Wildman–Crippen MR) is 216 cm³/mol. The first-order valence-electron chi connectivity index (χ1n) is 18.2. The second-order valence-corrected chi connectivity index (χ2v) is 16.0. The third-order valence-electron chi connectivity index (χ3n) is 10.2. The molecule has 3 aliphatic carbocycles. The fourth-order valence-corrected chi connectivity index (χ4v) is 9.45. The standard InChI is InChI=1S/C41H50I2O8/c1-5-28-21-32(42)38(34(23-28)46-7-3)49-27-37(45)51-41(25-30-15-16-31(41)20-30)19-13-10-14-29-22-33(43)39(35(24-29)47-8-4)48-26-36(44)50-40(6-2)17-11-9-12-18-40/h5-6,10,14,21-24,30-31H,1-2,7-9,11-13,15-20,25-27H2,3-4H3/b14-10+. The number of hydrogen-bond acceptors (Lipinski definition) is 8. The Balaban J connectivity index is 1.20. The van der Waals surface area contributed by atoms with Crippen LogP contribution in [0.25, 0.3) is 12.2 Å². The van der Waals surface area contributed by atoms with E-state index in [2.05, 4.69) is 70.5 Å². The van der Waals surface area contributed by atoms with Gasteiger partial charge >= 0.3 is 11.9 Å². The van der Waals surface area contributed by atoms with E-state index in [-0.39, 0.29) is 19.2 Å². The molecule has 8 nitrogen and oxygen atoms in total. The van der Waals surface area contributed by atoms with E-state index in [9.17, 15) is 9.59 Å². The number of carbonyl (C=O) groups excluding carboxylic acids is 2. The molecule has 2 bridgehead atoms. The first-order valence-corrected chi connectivity index (χ1v) is 20.3. The molecule has 0 aromatic heterocycles. The molecule has 0 radical (unpaired) electrons. The van der Waals surface area contributed by atoms with E-state index >= 15 is 0 Å². The Labute approximate surface area is 330 Å². The van der Waals surface area contributed by atoms with Crippen molar-refractivity contribution in [2.24, 2.45) is 11.8 Å². The lowest BCUT2D eigenvalue weighted by Crippen LogP contribution is -2.41. The summed E-state index contributed by atoms with van der Waals surface area (Å²) in [6.45, 7) is 12.2. The average Bonchev–Trinajstić information content (AvgIpc) is 3.72. The molecule has 2 aromatic rings. The van der Waals surface area contributed by atoms with Gasteiger partial charge in [-0.15, -0.1) is 0 Å². The Morgan fingerprint density at radius 2 is 1.43 bits per heavy atom. The lowest BCUT2D eigenvalue weighted by molar-refractivity contribution is -0.169. The maximum atomic E-state index is 13.3. The lowest BCUT2D eigenvalue weighted by Gasteiger charge is -2.37. The first kappa shape index (κ1) is 39.5. The molecule has 0 saturated heterocycles. The first-order chi connectivity index (χ1) is 24.6. The van der Waals surface area contributed by atoms with Gasteiger partial charge in [0.05, 0.1) is 20.4 Å². The minimum absolute atomic E-state index is 0.182. The molecule has 2 aromatic carbocycles. The summed E-state index contributed by atoms with van der Waals surface area (Å²) in [5.74, 6) is 2.42. The Kier molecular flexibility index (Phi) is 14.2. The molecule has 3 atom stereocenters. The molecular formula is C41H50I2O8. The summed E-state index contributed by atoms with van der Waals surface area (Å²) in [6, 6.07) is 7.76. The van der Waals surface area contributed by atoms with Crippen LogP contribution in [0.4, 0.5) is 0 Å². The SMILES string of the molecule is C=Cc1cc(I)c(OCC(=O)OC2(CC/C=C/c3cc(I)c(OCC(=O)OC4(C=C)CCCCC4)c(OCC)c3)CC3CCC2C3)c(OCC)c1. The molecule has 5 rings (SSSR count). The third-order valence-corrected chi connectivity index (χ3v) is 11.8. The van der Waals surface area contributed by atoms with Crippen LogP contribution in [-0.4, -0.2) is 49.6 Å². The summed E-state index contributed by atoms with van der Waals surface area (Å²) < 4.78 is 37.6. The van der Waals surface area contributed by atoms with Crippen molar-refractivity contribution >= 4 is 69.3 Å². The highest BCUT2D eigenvalue weighted by Gasteiger charge is 2.53. The molecule has 3 fully saturated rings. The average molecular weight is 925 g/mol. The number of ether oxygens (including phenoxy) is 6. The Bertz CT molecular complexity index is 1600. The van der Waals surface area contributed by atoms with Crippen LogP contribution in [0, 0.1) is 19.0 Å². The van der Waals surface area contributed by atoms with Crippen molar-refractivity contribution in [3.05, 3.63) is 67.8 Å². The molecule has 276 valence electrons. The fraction of sp³-hybridized carbons (Fsp3) is 0.512. The van der Waals surface area contributed by atoms with E-state index < -0.39 is 17.2 Å². The minimum Gasteiger partial charge on any atom is -0.490 e. The number of fused-ring (bicyclic) bond motifs is 2. The number of benzene rings is 2. The van der Waals surface area contributed by atoms with Crippen LogP contribution < -0.4 is 18.9 Å². The highest BCUT2D eigenvalue weighted by Crippen LogP contribution is 2.54. The normalized spacial score (nSPS) is 22.0. The summed E-state index contributed by atoms with van der Waals surface area (Å²) in [5, 5.41) is 0. The third kappa shape index (κ3) is 10.0. The fourth-order valence-electron chi connectivity index (χ4n) is 7.89. The molecule has 3 saturated carbocycles. The van der Waals surface area contributed by atoms with Gasteiger partial charge in [-0.05, 0) is 177 Å². The summed E-state index contributed by atoms with van der Waals surface area (Å²) in [5.41, 5.74) is 0.792. The van der Waals surface area contributed by atoms with Crippen molar-refractivity contribution in [3.8, 4) is 23.0 Å². The predicted octanol–water partition coefficient (Wildman–Crippen LogP) is 10.1. The zero-order valence-corrected chi connectivity index (χ0v) is 34.1. The molecule has 0 amide bonds. The van der Waals surface area contributed by atoms with Gasteiger partial charge in [-0.1, -0.05) is 37.8 Å². The topological polar surface area (TPSA) is 89.5 Å². The Hall–Kier alpha value is -2.74. The second kappa shape index (κ2) is 18.3. The minimum atomic E-state index is -0.600. The number of halogens is 2. The van der Waals surface area contributed by atoms with Gasteiger partial charge in [0.1, 0.15) is 11.2 Å². The van der Waals surface area contributed by atoms with Crippen molar-refractivity contribution in [1.29, 1.82) is 0 Å². The van der Waals surface area contributed by atoms with Gasteiger partial charge in [0.2, 0.25) is 0 Å². The maximum Gasteiger partial charge on any atom is 0.345 e. The van der Waals surface area contributed by atoms with Gasteiger partial charge in [0.15, 0.2) is 36.2 Å². The maximum absolute atomic E-state index is 13.3. The summed E-state index contributed by atoms with van der Waals surface area (Å²) >= 11 is 4.41. The molecule has 3 aliphatic rings. The van der Waals surface area contributed by atoms with Gasteiger partial charge in [0, 0.05) is 0 Å². The monoisotopic (exact) mass is 924 g/mol. The second-order valence-electron chi connectivity index (χ2n) is 13.7. The largest absolute Gasteiger partial charge is 0.490 e. The van der Waals surface area contributed by atoms with Crippen LogP contribution in [0.15, 0.2) is 49.6 Å². The zero-order valence-electron chi connectivity index (χ0n) is 29.8. The van der Waals surface area contributed by atoms with Gasteiger partial charge < -0.3 is 28.4 Å². The molecule has 0 heterocycles. The quantitative estimate of drug-likeness (QED) is 0.0830. The molecule has 0 spiro atoms. The van der Waals surface area contributed by atoms with Crippen molar-refractivity contribution in [2.75, 3.05) is 26.4 Å². The van der Waals surface area contributed by atoms with Crippen LogP contribution in [0.1, 0.15) is 95.6 Å². The van der Waals surface area contributed by atoms with Crippen LogP contribution in [0.2, 0.25) is 0 Å². The van der Waals surface area contributed by atoms with Gasteiger partial charge in [-0.25, -0.2) is 9.59 Å². The zero-order chi connectivity index (χ0) is 36.4. The van der Waals surface area contributed by atoms with Crippen molar-refractivity contribution in [2.45, 2.75) is 95.7 Å². The molecular weight excluding hydrogens is 874 g/mol. The van der Waals surface area contributed by atoms with Crippen LogP contribution >= 0.6 is 45.2 Å². The molecule has 51 heavy (non-hydrogen) atoms. The highest BCUT2D eigenvalue weighted by molar-refractivity contribution is 14.1. The Morgan fingerprint density at radius 3 is 1.98 bits per heavy atom. The van der Waals surface area contributed by atoms with Gasteiger partial charge in [-0.2, -0.15) is 0 Å². The van der Waals surface area contributed by atoms with Crippen molar-refractivity contribution < 1.29 is 38.0 Å². The number of hydrogen-bond donors (Lipinski definition) is 0. The van der Waals surface area contributed by atoms with Crippen molar-refractivity contribution in [1.82, 2.24) is 0 Å². The van der Waals surface area contributed by atoms with E-state index in [4.69, 9.17) is 28.4 Å². The van der Waals surface area contributed by atoms with E-state index in [0.717, 1.165) is 82.5 Å². The number of rotatable bonds is 18. The summed E-state index contributed by atoms with van der Waals surface area (Å²) in [7, 11) is 0. The van der Waals surface area contributed by atoms with E-state index in [1.165, 1.54) is 6.42 Å². The number of esters is 2. The summed E-state index contributed by atoms with van der Waals surface area (Å²) in [6.07, 6.45) is 18.3. The number of carbonyl (C=O) groups is 2. The van der Waals surface area contributed by atoms with Gasteiger partial charge in [-0.3, -0.25) is 0 Å². The molecule has 0 aliphatic heterocycles. The van der Waals surface area contributed by atoms with Crippen LogP contribution in [0.3, 0.4) is 0 Å². The van der Waals surface area contributed by atoms with E-state index in [0.29, 0.717) is 48.0 Å². The summed E-state index contributed by atoms with van der Waals surface area (Å²) in [4.78, 5) is 26.1. The van der Waals surface area contributed by atoms with Crippen molar-refractivity contribution in [3.63, 3.8) is 0 Å². The molecule has 10 heteroatoms. The highest BCUT2D eigenvalue weighted by atomic mass is 127. The lowest BCUT2D eigenvalue weighted by atomic mass is 9.80. The number of allylic oxidation sites excluding steroid dienone is 1. The van der Waals surface area contributed by atoms with Crippen LogP contribution in [-0.2, 0) is 19.1 Å². The van der Waals surface area contributed by atoms with Gasteiger partial charge in [0.25, 0.3) is 0 Å². The Morgan fingerprint density at radius 1 is 0.824 bits per heavy atom. The smallest absolute Gasteiger partial charge is 0.345 e.